The van der Waals surface area contributed by atoms with Crippen LogP contribution in [-0.2, 0) is 16.4 Å². The van der Waals surface area contributed by atoms with Crippen LogP contribution in [0.1, 0.15) is 12.5 Å². The van der Waals surface area contributed by atoms with Gasteiger partial charge >= 0.3 is 0 Å². The highest BCUT2D eigenvalue weighted by Crippen LogP contribution is 2.38. The molecule has 2 aromatic rings. The second kappa shape index (κ2) is 5.28. The molecule has 0 unspecified atom stereocenters. The van der Waals surface area contributed by atoms with E-state index in [4.69, 9.17) is 4.74 Å². The summed E-state index contributed by atoms with van der Waals surface area (Å²) in [5.74, 6) is -0.475. The molecule has 1 aliphatic rings. The van der Waals surface area contributed by atoms with Crippen LogP contribution in [0.15, 0.2) is 47.4 Å². The highest BCUT2D eigenvalue weighted by molar-refractivity contribution is 7.93. The van der Waals surface area contributed by atoms with Crippen LogP contribution < -0.4 is 9.04 Å². The lowest BCUT2D eigenvalue weighted by Crippen LogP contribution is -2.36. The van der Waals surface area contributed by atoms with E-state index in [0.29, 0.717) is 12.1 Å². The number of anilines is 1. The number of methoxy groups -OCH3 is 1. The first-order valence-electron chi connectivity index (χ1n) is 6.91. The van der Waals surface area contributed by atoms with E-state index in [2.05, 4.69) is 0 Å². The molecule has 2 aromatic carbocycles. The van der Waals surface area contributed by atoms with Gasteiger partial charge in [0.1, 0.15) is 16.5 Å². The zero-order valence-corrected chi connectivity index (χ0v) is 13.1. The zero-order chi connectivity index (χ0) is 15.9. The van der Waals surface area contributed by atoms with Crippen LogP contribution in [0.5, 0.6) is 5.75 Å². The lowest BCUT2D eigenvalue weighted by molar-refractivity contribution is 0.400. The van der Waals surface area contributed by atoms with Gasteiger partial charge in [-0.1, -0.05) is 18.2 Å². The Bertz CT molecular complexity index is 820. The van der Waals surface area contributed by atoms with Crippen LogP contribution in [0, 0.1) is 5.82 Å². The van der Waals surface area contributed by atoms with E-state index in [0.717, 1.165) is 11.6 Å². The minimum Gasteiger partial charge on any atom is -0.495 e. The maximum absolute atomic E-state index is 13.6. The van der Waals surface area contributed by atoms with Crippen LogP contribution in [0.2, 0.25) is 0 Å². The van der Waals surface area contributed by atoms with Gasteiger partial charge in [-0.05, 0) is 43.2 Å². The molecule has 0 saturated heterocycles. The largest absolute Gasteiger partial charge is 0.495 e. The molecule has 1 aliphatic heterocycles. The van der Waals surface area contributed by atoms with Crippen LogP contribution in [-0.4, -0.2) is 21.6 Å². The van der Waals surface area contributed by atoms with Gasteiger partial charge in [0.2, 0.25) is 0 Å². The van der Waals surface area contributed by atoms with Crippen molar-refractivity contribution in [2.24, 2.45) is 0 Å². The SMILES string of the molecule is COc1ccc(F)cc1S(=O)(=O)N1c2ccccc2C[C@H]1C. The Morgan fingerprint density at radius 1 is 1.23 bits per heavy atom. The maximum Gasteiger partial charge on any atom is 0.268 e. The van der Waals surface area contributed by atoms with E-state index in [1.54, 1.807) is 12.1 Å². The van der Waals surface area contributed by atoms with Gasteiger partial charge < -0.3 is 4.74 Å². The van der Waals surface area contributed by atoms with Crippen LogP contribution in [0.25, 0.3) is 0 Å². The van der Waals surface area contributed by atoms with Crippen molar-refractivity contribution < 1.29 is 17.5 Å². The van der Waals surface area contributed by atoms with Crippen molar-refractivity contribution >= 4 is 15.7 Å². The first kappa shape index (κ1) is 14.8. The van der Waals surface area contributed by atoms with Gasteiger partial charge in [-0.15, -0.1) is 0 Å². The number of fused-ring (bicyclic) bond motifs is 1. The van der Waals surface area contributed by atoms with Crippen molar-refractivity contribution in [1.29, 1.82) is 0 Å². The molecule has 0 radical (unpaired) electrons. The normalized spacial score (nSPS) is 17.4. The van der Waals surface area contributed by atoms with Crippen LogP contribution in [0.4, 0.5) is 10.1 Å². The van der Waals surface area contributed by atoms with E-state index >= 15 is 0 Å². The van der Waals surface area contributed by atoms with Crippen LogP contribution in [0.3, 0.4) is 0 Å². The fourth-order valence-corrected chi connectivity index (χ4v) is 4.73. The lowest BCUT2D eigenvalue weighted by atomic mass is 10.1. The monoisotopic (exact) mass is 321 g/mol. The molecular weight excluding hydrogens is 305 g/mol. The van der Waals surface area contributed by atoms with Gasteiger partial charge in [0.25, 0.3) is 10.0 Å². The third-order valence-electron chi connectivity index (χ3n) is 3.81. The van der Waals surface area contributed by atoms with E-state index in [-0.39, 0.29) is 16.7 Å². The number of benzene rings is 2. The molecule has 4 nitrogen and oxygen atoms in total. The standard InChI is InChI=1S/C16H16FNO3S/c1-11-9-12-5-3-4-6-14(12)18(11)22(19,20)16-10-13(17)7-8-15(16)21-2/h3-8,10-11H,9H2,1-2H3/t11-/m1/s1. The first-order chi connectivity index (χ1) is 10.4. The lowest BCUT2D eigenvalue weighted by Gasteiger charge is -2.25. The molecule has 0 bridgehead atoms. The van der Waals surface area contributed by atoms with E-state index in [1.807, 2.05) is 19.1 Å². The Balaban J connectivity index is 2.17. The summed E-state index contributed by atoms with van der Waals surface area (Å²) in [4.78, 5) is -0.154. The number of hydrogen-bond acceptors (Lipinski definition) is 3. The van der Waals surface area contributed by atoms with Crippen molar-refractivity contribution in [3.63, 3.8) is 0 Å². The fraction of sp³-hybridized carbons (Fsp3) is 0.250. The molecule has 1 heterocycles. The van der Waals surface area contributed by atoms with Gasteiger partial charge in [-0.25, -0.2) is 12.8 Å². The second-order valence-electron chi connectivity index (χ2n) is 5.28. The van der Waals surface area contributed by atoms with E-state index < -0.39 is 15.8 Å². The maximum atomic E-state index is 13.6. The zero-order valence-electron chi connectivity index (χ0n) is 12.3. The number of sulfonamides is 1. The Labute approximate surface area is 129 Å². The highest BCUT2D eigenvalue weighted by atomic mass is 32.2. The number of rotatable bonds is 3. The molecule has 116 valence electrons. The van der Waals surface area contributed by atoms with Crippen molar-refractivity contribution in [2.45, 2.75) is 24.3 Å². The summed E-state index contributed by atoms with van der Waals surface area (Å²) in [6.07, 6.45) is 0.632. The Morgan fingerprint density at radius 2 is 1.95 bits per heavy atom. The molecule has 0 spiro atoms. The number of nitrogens with zero attached hydrogens (tertiary/aromatic N) is 1. The predicted octanol–water partition coefficient (Wildman–Crippen LogP) is 2.97. The van der Waals surface area contributed by atoms with Gasteiger partial charge in [-0.2, -0.15) is 0 Å². The van der Waals surface area contributed by atoms with Crippen molar-refractivity contribution in [3.05, 3.63) is 53.8 Å². The quantitative estimate of drug-likeness (QED) is 0.873. The van der Waals surface area contributed by atoms with E-state index in [9.17, 15) is 12.8 Å². The molecule has 0 fully saturated rings. The number of ether oxygens (including phenoxy) is 1. The molecule has 22 heavy (non-hydrogen) atoms. The summed E-state index contributed by atoms with van der Waals surface area (Å²) in [6.45, 7) is 1.84. The summed E-state index contributed by atoms with van der Waals surface area (Å²) in [7, 11) is -2.53. The summed E-state index contributed by atoms with van der Waals surface area (Å²) in [6, 6.07) is 10.6. The summed E-state index contributed by atoms with van der Waals surface area (Å²) < 4.78 is 46.0. The minimum absolute atomic E-state index is 0.137. The number of hydrogen-bond donors (Lipinski definition) is 0. The fourth-order valence-electron chi connectivity index (χ4n) is 2.86. The molecule has 6 heteroatoms. The summed E-state index contributed by atoms with van der Waals surface area (Å²) in [5, 5.41) is 0. The number of halogens is 1. The third-order valence-corrected chi connectivity index (χ3v) is 5.76. The van der Waals surface area contributed by atoms with Crippen molar-refractivity contribution in [2.75, 3.05) is 11.4 Å². The molecule has 3 rings (SSSR count). The Hall–Kier alpha value is -2.08. The topological polar surface area (TPSA) is 46.6 Å². The van der Waals surface area contributed by atoms with Crippen LogP contribution >= 0.6 is 0 Å². The predicted molar refractivity (Wildman–Crippen MR) is 82.2 cm³/mol. The first-order valence-corrected chi connectivity index (χ1v) is 8.35. The van der Waals surface area contributed by atoms with Crippen molar-refractivity contribution in [1.82, 2.24) is 0 Å². The molecule has 1 atom stereocenters. The Kier molecular flexibility index (Phi) is 3.56. The molecule has 0 N–H and O–H groups in total. The van der Waals surface area contributed by atoms with E-state index in [1.165, 1.54) is 23.5 Å². The molecule has 0 aromatic heterocycles. The average Bonchev–Trinajstić information content (AvgIpc) is 2.83. The van der Waals surface area contributed by atoms with Gasteiger partial charge in [0.05, 0.1) is 12.8 Å². The molecule has 0 amide bonds. The second-order valence-corrected chi connectivity index (χ2v) is 7.06. The minimum atomic E-state index is -3.90. The summed E-state index contributed by atoms with van der Waals surface area (Å²) >= 11 is 0. The molecule has 0 saturated carbocycles. The smallest absolute Gasteiger partial charge is 0.268 e. The highest BCUT2D eigenvalue weighted by Gasteiger charge is 2.37. The molecule has 0 aliphatic carbocycles. The van der Waals surface area contributed by atoms with Gasteiger partial charge in [-0.3, -0.25) is 4.31 Å². The number of para-hydroxylation sites is 1. The molecular formula is C16H16FNO3S. The third kappa shape index (κ3) is 2.23. The Morgan fingerprint density at radius 3 is 2.68 bits per heavy atom. The van der Waals surface area contributed by atoms with Gasteiger partial charge in [0.15, 0.2) is 0 Å². The van der Waals surface area contributed by atoms with Crippen molar-refractivity contribution in [3.8, 4) is 5.75 Å². The summed E-state index contributed by atoms with van der Waals surface area (Å²) in [5.41, 5.74) is 1.61. The van der Waals surface area contributed by atoms with Gasteiger partial charge in [0, 0.05) is 6.04 Å². The average molecular weight is 321 g/mol.